The predicted molar refractivity (Wildman–Crippen MR) is 90.1 cm³/mol. The highest BCUT2D eigenvalue weighted by molar-refractivity contribution is 7.93. The van der Waals surface area contributed by atoms with E-state index in [2.05, 4.69) is 5.32 Å². The first-order valence-corrected chi connectivity index (χ1v) is 8.99. The van der Waals surface area contributed by atoms with Crippen LogP contribution < -0.4 is 5.32 Å². The van der Waals surface area contributed by atoms with Gasteiger partial charge in [-0.25, -0.2) is 13.8 Å². The van der Waals surface area contributed by atoms with Crippen LogP contribution in [-0.4, -0.2) is 33.0 Å². The molecule has 0 aliphatic rings. The lowest BCUT2D eigenvalue weighted by molar-refractivity contribution is -0.141. The van der Waals surface area contributed by atoms with Gasteiger partial charge in [0, 0.05) is 11.3 Å². The Morgan fingerprint density at radius 3 is 2.12 bits per heavy atom. The molecule has 0 aliphatic heterocycles. The van der Waals surface area contributed by atoms with Crippen LogP contribution in [0.15, 0.2) is 65.6 Å². The highest BCUT2D eigenvalue weighted by Gasteiger charge is 2.23. The summed E-state index contributed by atoms with van der Waals surface area (Å²) in [5, 5.41) is 11.6. The number of carbonyl (C=O) groups is 2. The van der Waals surface area contributed by atoms with Crippen LogP contribution in [0.5, 0.6) is 0 Å². The molecule has 0 heterocycles. The fourth-order valence-electron chi connectivity index (χ4n) is 2.19. The van der Waals surface area contributed by atoms with Crippen LogP contribution in [0.1, 0.15) is 5.56 Å². The molecule has 0 bridgehead atoms. The standard InChI is InChI=1S/C17H18N2O4S/c18-24(23,14-9-5-2-6-10-14)12-16(20)19-15(17(21)22)11-13-7-3-1-4-8-13/h1-10,15,18H,11-12H2,(H,19,20)(H,21,22)/t15-,24+/m0/s1. The van der Waals surface area contributed by atoms with Crippen molar-refractivity contribution in [3.63, 3.8) is 0 Å². The van der Waals surface area contributed by atoms with E-state index < -0.39 is 33.4 Å². The minimum atomic E-state index is -3.31. The molecule has 0 saturated heterocycles. The molecule has 0 unspecified atom stereocenters. The van der Waals surface area contributed by atoms with Gasteiger partial charge in [0.2, 0.25) is 5.91 Å². The third kappa shape index (κ3) is 4.92. The largest absolute Gasteiger partial charge is 0.480 e. The summed E-state index contributed by atoms with van der Waals surface area (Å²) in [6, 6.07) is 15.8. The summed E-state index contributed by atoms with van der Waals surface area (Å²) < 4.78 is 20.3. The van der Waals surface area contributed by atoms with E-state index in [4.69, 9.17) is 4.78 Å². The van der Waals surface area contributed by atoms with E-state index in [0.717, 1.165) is 5.56 Å². The SMILES string of the molecule is N=[S@@](=O)(CC(=O)N[C@@H](Cc1ccccc1)C(=O)O)c1ccccc1. The minimum Gasteiger partial charge on any atom is -0.480 e. The number of hydrogen-bond donors (Lipinski definition) is 3. The van der Waals surface area contributed by atoms with Crippen molar-refractivity contribution in [2.75, 3.05) is 5.75 Å². The zero-order chi connectivity index (χ0) is 17.6. The number of hydrogen-bond acceptors (Lipinski definition) is 4. The second kappa shape index (κ2) is 7.74. The Labute approximate surface area is 140 Å². The summed E-state index contributed by atoms with van der Waals surface area (Å²) in [5.41, 5.74) is 0.764. The van der Waals surface area contributed by atoms with Crippen molar-refractivity contribution in [1.82, 2.24) is 5.32 Å². The third-order valence-corrected chi connectivity index (χ3v) is 5.08. The Morgan fingerprint density at radius 2 is 1.58 bits per heavy atom. The van der Waals surface area contributed by atoms with E-state index in [-0.39, 0.29) is 11.3 Å². The highest BCUT2D eigenvalue weighted by atomic mass is 32.2. The summed E-state index contributed by atoms with van der Waals surface area (Å²) in [5.74, 6) is -2.47. The number of carboxylic acids is 1. The molecule has 0 aliphatic carbocycles. The van der Waals surface area contributed by atoms with E-state index >= 15 is 0 Å². The van der Waals surface area contributed by atoms with Gasteiger partial charge in [0.05, 0.1) is 9.73 Å². The van der Waals surface area contributed by atoms with Gasteiger partial charge < -0.3 is 10.4 Å². The van der Waals surface area contributed by atoms with Crippen molar-refractivity contribution in [3.8, 4) is 0 Å². The lowest BCUT2D eigenvalue weighted by Crippen LogP contribution is -2.44. The number of carbonyl (C=O) groups excluding carboxylic acids is 1. The van der Waals surface area contributed by atoms with Crippen molar-refractivity contribution >= 4 is 21.6 Å². The Bertz CT molecular complexity index is 805. The minimum absolute atomic E-state index is 0.118. The van der Waals surface area contributed by atoms with Crippen LogP contribution >= 0.6 is 0 Å². The molecule has 24 heavy (non-hydrogen) atoms. The van der Waals surface area contributed by atoms with Crippen molar-refractivity contribution < 1.29 is 18.9 Å². The summed E-state index contributed by atoms with van der Waals surface area (Å²) >= 11 is 0. The molecule has 0 saturated carbocycles. The Hall–Kier alpha value is -2.67. The van der Waals surface area contributed by atoms with Gasteiger partial charge in [-0.3, -0.25) is 4.79 Å². The predicted octanol–water partition coefficient (Wildman–Crippen LogP) is 1.90. The lowest BCUT2D eigenvalue weighted by Gasteiger charge is -2.15. The maximum Gasteiger partial charge on any atom is 0.326 e. The Morgan fingerprint density at radius 1 is 1.04 bits per heavy atom. The van der Waals surface area contributed by atoms with Crippen molar-refractivity contribution in [2.45, 2.75) is 17.4 Å². The van der Waals surface area contributed by atoms with Crippen LogP contribution in [-0.2, 0) is 25.7 Å². The average molecular weight is 346 g/mol. The molecule has 2 atom stereocenters. The van der Waals surface area contributed by atoms with E-state index in [1.54, 1.807) is 42.5 Å². The number of nitrogens with one attached hydrogen (secondary N) is 2. The number of amides is 1. The summed E-state index contributed by atoms with van der Waals surface area (Å²) in [6.07, 6.45) is 0.118. The van der Waals surface area contributed by atoms with Gasteiger partial charge in [0.15, 0.2) is 0 Å². The quantitative estimate of drug-likeness (QED) is 0.711. The molecule has 0 spiro atoms. The normalized spacial score (nSPS) is 14.3. The molecular formula is C17H18N2O4S. The molecule has 2 rings (SSSR count). The summed E-state index contributed by atoms with van der Waals surface area (Å²) in [7, 11) is -3.31. The van der Waals surface area contributed by atoms with Gasteiger partial charge in [-0.1, -0.05) is 48.5 Å². The van der Waals surface area contributed by atoms with Crippen LogP contribution in [0.4, 0.5) is 0 Å². The van der Waals surface area contributed by atoms with E-state index in [9.17, 15) is 18.9 Å². The van der Waals surface area contributed by atoms with Crippen molar-refractivity contribution in [2.24, 2.45) is 0 Å². The first kappa shape index (κ1) is 17.7. The van der Waals surface area contributed by atoms with Crippen LogP contribution in [0.2, 0.25) is 0 Å². The average Bonchev–Trinajstić information content (AvgIpc) is 2.55. The molecule has 2 aromatic rings. The third-order valence-electron chi connectivity index (χ3n) is 3.37. The lowest BCUT2D eigenvalue weighted by atomic mass is 10.1. The van der Waals surface area contributed by atoms with Gasteiger partial charge in [0.25, 0.3) is 0 Å². The first-order chi connectivity index (χ1) is 11.4. The molecule has 0 radical (unpaired) electrons. The molecule has 6 nitrogen and oxygen atoms in total. The van der Waals surface area contributed by atoms with Gasteiger partial charge in [0.1, 0.15) is 11.8 Å². The second-order valence-electron chi connectivity index (χ2n) is 5.28. The number of carboxylic acid groups (broad SMARTS) is 1. The fraction of sp³-hybridized carbons (Fsp3) is 0.176. The van der Waals surface area contributed by atoms with E-state index in [1.165, 1.54) is 12.1 Å². The van der Waals surface area contributed by atoms with Crippen LogP contribution in [0, 0.1) is 4.78 Å². The summed E-state index contributed by atoms with van der Waals surface area (Å²) in [4.78, 5) is 23.7. The van der Waals surface area contributed by atoms with Gasteiger partial charge in [-0.2, -0.15) is 0 Å². The maximum atomic E-state index is 12.4. The maximum absolute atomic E-state index is 12.4. The zero-order valence-electron chi connectivity index (χ0n) is 12.8. The molecule has 126 valence electrons. The number of rotatable bonds is 7. The van der Waals surface area contributed by atoms with E-state index in [1.807, 2.05) is 6.07 Å². The topological polar surface area (TPSA) is 107 Å². The molecule has 0 fully saturated rings. The molecular weight excluding hydrogens is 328 g/mol. The van der Waals surface area contributed by atoms with Gasteiger partial charge >= 0.3 is 5.97 Å². The zero-order valence-corrected chi connectivity index (χ0v) is 13.7. The fourth-order valence-corrected chi connectivity index (χ4v) is 3.41. The molecule has 7 heteroatoms. The Balaban J connectivity index is 2.05. The van der Waals surface area contributed by atoms with Crippen LogP contribution in [0.25, 0.3) is 0 Å². The molecule has 2 aromatic carbocycles. The smallest absolute Gasteiger partial charge is 0.326 e. The molecule has 0 aromatic heterocycles. The highest BCUT2D eigenvalue weighted by Crippen LogP contribution is 2.11. The molecule has 1 amide bonds. The van der Waals surface area contributed by atoms with Gasteiger partial charge in [-0.15, -0.1) is 0 Å². The van der Waals surface area contributed by atoms with Crippen molar-refractivity contribution in [1.29, 1.82) is 4.78 Å². The second-order valence-corrected chi connectivity index (χ2v) is 7.39. The number of aliphatic carboxylic acids is 1. The van der Waals surface area contributed by atoms with Crippen molar-refractivity contribution in [3.05, 3.63) is 66.2 Å². The number of benzene rings is 2. The monoisotopic (exact) mass is 346 g/mol. The summed E-state index contributed by atoms with van der Waals surface area (Å²) in [6.45, 7) is 0. The van der Waals surface area contributed by atoms with Crippen LogP contribution in [0.3, 0.4) is 0 Å². The Kier molecular flexibility index (Phi) is 5.70. The first-order valence-electron chi connectivity index (χ1n) is 7.26. The van der Waals surface area contributed by atoms with Gasteiger partial charge in [-0.05, 0) is 17.7 Å². The molecule has 3 N–H and O–H groups in total. The van der Waals surface area contributed by atoms with E-state index in [0.29, 0.717) is 0 Å².